The molecule has 0 atom stereocenters. The second-order valence-corrected chi connectivity index (χ2v) is 6.43. The Morgan fingerprint density at radius 1 is 1.31 bits per heavy atom. The van der Waals surface area contributed by atoms with Crippen LogP contribution in [0.15, 0.2) is 23.2 Å². The number of benzene rings is 1. The van der Waals surface area contributed by atoms with Crippen molar-refractivity contribution in [3.8, 4) is 5.75 Å². The van der Waals surface area contributed by atoms with E-state index in [2.05, 4.69) is 15.2 Å². The van der Waals surface area contributed by atoms with Crippen molar-refractivity contribution in [2.24, 2.45) is 10.9 Å². The van der Waals surface area contributed by atoms with Crippen LogP contribution >= 0.6 is 0 Å². The Morgan fingerprint density at radius 2 is 2.08 bits per heavy atom. The van der Waals surface area contributed by atoms with E-state index in [4.69, 9.17) is 9.47 Å². The number of hydrogen-bond donors (Lipinski definition) is 1. The van der Waals surface area contributed by atoms with Crippen molar-refractivity contribution in [2.75, 3.05) is 46.5 Å². The van der Waals surface area contributed by atoms with Gasteiger partial charge in [-0.3, -0.25) is 0 Å². The number of guanidine groups is 1. The van der Waals surface area contributed by atoms with Crippen LogP contribution in [0.25, 0.3) is 0 Å². The normalized spacial score (nSPS) is 15.8. The zero-order chi connectivity index (χ0) is 18.8. The molecule has 0 aromatic heterocycles. The van der Waals surface area contributed by atoms with Crippen molar-refractivity contribution < 1.29 is 18.3 Å². The summed E-state index contributed by atoms with van der Waals surface area (Å²) in [4.78, 5) is 6.67. The van der Waals surface area contributed by atoms with Gasteiger partial charge in [0.2, 0.25) is 0 Å². The minimum absolute atomic E-state index is 0.299. The lowest BCUT2D eigenvalue weighted by Gasteiger charge is -2.26. The van der Waals surface area contributed by atoms with Crippen molar-refractivity contribution in [2.45, 2.75) is 26.2 Å². The Balaban J connectivity index is 1.77. The monoisotopic (exact) mass is 369 g/mol. The molecule has 26 heavy (non-hydrogen) atoms. The molecule has 0 amide bonds. The van der Waals surface area contributed by atoms with Crippen LogP contribution in [-0.4, -0.2) is 57.4 Å². The summed E-state index contributed by atoms with van der Waals surface area (Å²) in [5.41, 5.74) is 0. The zero-order valence-electron chi connectivity index (χ0n) is 15.6. The van der Waals surface area contributed by atoms with Crippen LogP contribution in [0.2, 0.25) is 0 Å². The maximum atomic E-state index is 13.2. The van der Waals surface area contributed by atoms with Crippen LogP contribution in [0, 0.1) is 17.6 Å². The van der Waals surface area contributed by atoms with E-state index in [1.54, 1.807) is 0 Å². The predicted molar refractivity (Wildman–Crippen MR) is 98.6 cm³/mol. The smallest absolute Gasteiger partial charge is 0.193 e. The third-order valence-electron chi connectivity index (χ3n) is 4.42. The van der Waals surface area contributed by atoms with Gasteiger partial charge in [-0.1, -0.05) is 0 Å². The van der Waals surface area contributed by atoms with Gasteiger partial charge in [0, 0.05) is 39.4 Å². The molecule has 5 nitrogen and oxygen atoms in total. The van der Waals surface area contributed by atoms with Gasteiger partial charge in [-0.25, -0.2) is 13.8 Å². The van der Waals surface area contributed by atoms with E-state index < -0.39 is 11.6 Å². The Kier molecular flexibility index (Phi) is 8.61. The van der Waals surface area contributed by atoms with Gasteiger partial charge < -0.3 is 19.7 Å². The van der Waals surface area contributed by atoms with Crippen molar-refractivity contribution in [1.29, 1.82) is 0 Å². The van der Waals surface area contributed by atoms with Gasteiger partial charge in [0.05, 0.1) is 6.54 Å². The summed E-state index contributed by atoms with van der Waals surface area (Å²) < 4.78 is 36.9. The largest absolute Gasteiger partial charge is 0.492 e. The van der Waals surface area contributed by atoms with Crippen LogP contribution in [0.4, 0.5) is 8.78 Å². The average molecular weight is 369 g/mol. The molecule has 0 saturated carbocycles. The summed E-state index contributed by atoms with van der Waals surface area (Å²) in [6.45, 7) is 6.20. The third-order valence-corrected chi connectivity index (χ3v) is 4.42. The van der Waals surface area contributed by atoms with Crippen LogP contribution in [-0.2, 0) is 4.74 Å². The maximum absolute atomic E-state index is 13.2. The molecule has 0 unspecified atom stereocenters. The molecule has 1 fully saturated rings. The second kappa shape index (κ2) is 11.0. The molecular weight excluding hydrogens is 340 g/mol. The SMILES string of the molecule is CCNC(=NCCOc1ccc(F)c(F)c1)N(C)CCC1CCOCC1. The van der Waals surface area contributed by atoms with Gasteiger partial charge in [-0.2, -0.15) is 0 Å². The molecule has 1 N–H and O–H groups in total. The van der Waals surface area contributed by atoms with Gasteiger partial charge in [0.1, 0.15) is 12.4 Å². The number of hydrogen-bond acceptors (Lipinski definition) is 3. The number of ether oxygens (including phenoxy) is 2. The molecule has 1 heterocycles. The molecule has 0 bridgehead atoms. The molecule has 2 rings (SSSR count). The second-order valence-electron chi connectivity index (χ2n) is 6.43. The van der Waals surface area contributed by atoms with Gasteiger partial charge >= 0.3 is 0 Å². The molecule has 0 aliphatic carbocycles. The van der Waals surface area contributed by atoms with Crippen LogP contribution in [0.5, 0.6) is 5.75 Å². The zero-order valence-corrected chi connectivity index (χ0v) is 15.6. The molecule has 0 spiro atoms. The fraction of sp³-hybridized carbons (Fsp3) is 0.632. The first kappa shape index (κ1) is 20.4. The lowest BCUT2D eigenvalue weighted by Crippen LogP contribution is -2.40. The van der Waals surface area contributed by atoms with Gasteiger partial charge in [-0.15, -0.1) is 0 Å². The van der Waals surface area contributed by atoms with E-state index in [-0.39, 0.29) is 0 Å². The highest BCUT2D eigenvalue weighted by molar-refractivity contribution is 5.79. The van der Waals surface area contributed by atoms with E-state index in [9.17, 15) is 8.78 Å². The Bertz CT molecular complexity index is 578. The minimum Gasteiger partial charge on any atom is -0.492 e. The molecule has 0 radical (unpaired) electrons. The molecule has 1 aliphatic heterocycles. The Labute approximate surface area is 154 Å². The van der Waals surface area contributed by atoms with Crippen LogP contribution in [0.3, 0.4) is 0 Å². The third kappa shape index (κ3) is 6.78. The number of nitrogens with one attached hydrogen (secondary N) is 1. The predicted octanol–water partition coefficient (Wildman–Crippen LogP) is 3.06. The fourth-order valence-corrected chi connectivity index (χ4v) is 2.87. The van der Waals surface area contributed by atoms with E-state index in [1.807, 2.05) is 14.0 Å². The summed E-state index contributed by atoms with van der Waals surface area (Å²) >= 11 is 0. The van der Waals surface area contributed by atoms with Gasteiger partial charge in [0.25, 0.3) is 0 Å². The number of nitrogens with zero attached hydrogens (tertiary/aromatic N) is 2. The number of halogens is 2. The molecule has 1 saturated heterocycles. The summed E-state index contributed by atoms with van der Waals surface area (Å²) in [7, 11) is 2.02. The maximum Gasteiger partial charge on any atom is 0.193 e. The summed E-state index contributed by atoms with van der Waals surface area (Å²) in [5.74, 6) is 0.0549. The van der Waals surface area contributed by atoms with Crippen LogP contribution < -0.4 is 10.1 Å². The standard InChI is InChI=1S/C19H29F2N3O2/c1-3-22-19(24(2)10-6-15-7-11-25-12-8-15)23-9-13-26-16-4-5-17(20)18(21)14-16/h4-5,14-15H,3,6-13H2,1-2H3,(H,22,23). The number of rotatable bonds is 8. The van der Waals surface area contributed by atoms with E-state index in [1.165, 1.54) is 6.07 Å². The van der Waals surface area contributed by atoms with E-state index in [0.29, 0.717) is 24.8 Å². The van der Waals surface area contributed by atoms with Gasteiger partial charge in [0.15, 0.2) is 17.6 Å². The van der Waals surface area contributed by atoms with Crippen molar-refractivity contribution in [3.63, 3.8) is 0 Å². The molecule has 146 valence electrons. The average Bonchev–Trinajstić information content (AvgIpc) is 2.66. The van der Waals surface area contributed by atoms with Gasteiger partial charge in [-0.05, 0) is 44.2 Å². The molecule has 7 heteroatoms. The molecule has 1 aromatic carbocycles. The summed E-state index contributed by atoms with van der Waals surface area (Å²) in [5, 5.41) is 3.27. The first-order valence-corrected chi connectivity index (χ1v) is 9.25. The molecule has 1 aromatic rings. The summed E-state index contributed by atoms with van der Waals surface area (Å²) in [6, 6.07) is 3.51. The highest BCUT2D eigenvalue weighted by Crippen LogP contribution is 2.18. The highest BCUT2D eigenvalue weighted by Gasteiger charge is 2.15. The quantitative estimate of drug-likeness (QED) is 0.435. The number of aliphatic imine (C=N–C) groups is 1. The minimum atomic E-state index is -0.910. The first-order chi connectivity index (χ1) is 12.6. The highest BCUT2D eigenvalue weighted by atomic mass is 19.2. The first-order valence-electron chi connectivity index (χ1n) is 9.25. The molecular formula is C19H29F2N3O2. The van der Waals surface area contributed by atoms with E-state index in [0.717, 1.165) is 63.7 Å². The molecule has 1 aliphatic rings. The van der Waals surface area contributed by atoms with Crippen molar-refractivity contribution in [3.05, 3.63) is 29.8 Å². The fourth-order valence-electron chi connectivity index (χ4n) is 2.87. The lowest BCUT2D eigenvalue weighted by molar-refractivity contribution is 0.0625. The Morgan fingerprint density at radius 3 is 2.77 bits per heavy atom. The lowest BCUT2D eigenvalue weighted by atomic mass is 9.96. The topological polar surface area (TPSA) is 46.1 Å². The Hall–Kier alpha value is -1.89. The van der Waals surface area contributed by atoms with Crippen molar-refractivity contribution in [1.82, 2.24) is 10.2 Å². The van der Waals surface area contributed by atoms with E-state index >= 15 is 0 Å². The summed E-state index contributed by atoms with van der Waals surface area (Å²) in [6.07, 6.45) is 3.38. The van der Waals surface area contributed by atoms with Crippen molar-refractivity contribution >= 4 is 5.96 Å². The van der Waals surface area contributed by atoms with Crippen LogP contribution in [0.1, 0.15) is 26.2 Å².